The second-order valence-corrected chi connectivity index (χ2v) is 3.79. The van der Waals surface area contributed by atoms with Crippen LogP contribution in [0.25, 0.3) is 11.3 Å². The average Bonchev–Trinajstić information content (AvgIpc) is 2.76. The van der Waals surface area contributed by atoms with E-state index in [1.165, 1.54) is 18.5 Å². The Morgan fingerprint density at radius 2 is 1.89 bits per heavy atom. The Morgan fingerprint density at radius 3 is 2.63 bits per heavy atom. The van der Waals surface area contributed by atoms with Crippen LogP contribution in [-0.2, 0) is 0 Å². The van der Waals surface area contributed by atoms with Gasteiger partial charge in [0.2, 0.25) is 5.65 Å². The molecule has 0 radical (unpaired) electrons. The number of fused-ring (bicyclic) bond motifs is 1. The quantitative estimate of drug-likeness (QED) is 0.693. The maximum atomic E-state index is 13.1. The third-order valence-electron chi connectivity index (χ3n) is 2.66. The monoisotopic (exact) mass is 264 g/mol. The van der Waals surface area contributed by atoms with E-state index in [2.05, 4.69) is 10.2 Å². The maximum Gasteiger partial charge on any atom is 0.347 e. The Morgan fingerprint density at radius 1 is 1.11 bits per heavy atom. The minimum absolute atomic E-state index is 0.128. The molecule has 2 aromatic heterocycles. The van der Waals surface area contributed by atoms with Gasteiger partial charge in [-0.15, -0.1) is 5.10 Å². The lowest BCUT2D eigenvalue weighted by atomic mass is 10.3. The third-order valence-corrected chi connectivity index (χ3v) is 2.66. The summed E-state index contributed by atoms with van der Waals surface area (Å²) in [6, 6.07) is 3.05. The van der Waals surface area contributed by atoms with Crippen molar-refractivity contribution in [1.82, 2.24) is 19.2 Å². The van der Waals surface area contributed by atoms with Crippen LogP contribution >= 0.6 is 0 Å². The van der Waals surface area contributed by atoms with Crippen LogP contribution in [0.2, 0.25) is 0 Å². The van der Waals surface area contributed by atoms with Crippen molar-refractivity contribution in [2.75, 3.05) is 0 Å². The topological polar surface area (TPSA) is 72.2 Å². The van der Waals surface area contributed by atoms with E-state index in [0.29, 0.717) is 0 Å². The Hall–Kier alpha value is -2.77. The summed E-state index contributed by atoms with van der Waals surface area (Å²) in [5.41, 5.74) is -1.16. The molecule has 3 rings (SSSR count). The first-order valence-electron chi connectivity index (χ1n) is 5.22. The number of benzene rings is 1. The number of H-pyrrole nitrogens is 1. The molecule has 3 aromatic rings. The summed E-state index contributed by atoms with van der Waals surface area (Å²) >= 11 is 0. The molecule has 0 saturated carbocycles. The first-order valence-corrected chi connectivity index (χ1v) is 5.22. The average molecular weight is 264 g/mol. The van der Waals surface area contributed by atoms with Crippen molar-refractivity contribution in [2.24, 2.45) is 0 Å². The van der Waals surface area contributed by atoms with Gasteiger partial charge in [0, 0.05) is 18.5 Å². The summed E-state index contributed by atoms with van der Waals surface area (Å²) in [7, 11) is 0. The SMILES string of the molecule is O=c1c2n[nH]c(=O)n2ccn1-c1ccc(F)c(F)c1. The molecule has 1 aromatic carbocycles. The van der Waals surface area contributed by atoms with E-state index in [1.807, 2.05) is 0 Å². The molecule has 19 heavy (non-hydrogen) atoms. The van der Waals surface area contributed by atoms with Crippen LogP contribution in [0.1, 0.15) is 0 Å². The van der Waals surface area contributed by atoms with Gasteiger partial charge in [-0.25, -0.2) is 23.1 Å². The van der Waals surface area contributed by atoms with Crippen LogP contribution in [0.3, 0.4) is 0 Å². The van der Waals surface area contributed by atoms with Gasteiger partial charge in [0.1, 0.15) is 0 Å². The molecule has 0 atom stereocenters. The molecule has 6 nitrogen and oxygen atoms in total. The molecule has 0 unspecified atom stereocenters. The number of hydrogen-bond acceptors (Lipinski definition) is 3. The van der Waals surface area contributed by atoms with Crippen molar-refractivity contribution in [1.29, 1.82) is 0 Å². The first-order chi connectivity index (χ1) is 9.08. The highest BCUT2D eigenvalue weighted by Crippen LogP contribution is 2.11. The fourth-order valence-corrected chi connectivity index (χ4v) is 1.74. The zero-order valence-corrected chi connectivity index (χ0v) is 9.30. The van der Waals surface area contributed by atoms with E-state index in [9.17, 15) is 18.4 Å². The lowest BCUT2D eigenvalue weighted by Crippen LogP contribution is -2.22. The molecule has 0 bridgehead atoms. The Kier molecular flexibility index (Phi) is 2.31. The second kappa shape index (κ2) is 3.87. The highest BCUT2D eigenvalue weighted by atomic mass is 19.2. The molecular formula is C11H6F2N4O2. The molecular weight excluding hydrogens is 258 g/mol. The number of rotatable bonds is 1. The van der Waals surface area contributed by atoms with E-state index >= 15 is 0 Å². The van der Waals surface area contributed by atoms with Gasteiger partial charge in [-0.05, 0) is 12.1 Å². The number of hydrogen-bond donors (Lipinski definition) is 1. The van der Waals surface area contributed by atoms with Gasteiger partial charge in [-0.2, -0.15) is 0 Å². The molecule has 0 fully saturated rings. The number of aromatic amines is 1. The normalized spacial score (nSPS) is 11.1. The fourth-order valence-electron chi connectivity index (χ4n) is 1.74. The van der Waals surface area contributed by atoms with Crippen molar-refractivity contribution in [3.05, 3.63) is 63.1 Å². The molecule has 8 heteroatoms. The molecule has 0 saturated heterocycles. The van der Waals surface area contributed by atoms with Crippen molar-refractivity contribution in [3.63, 3.8) is 0 Å². The Labute approximate surface area is 103 Å². The number of nitrogens with zero attached hydrogens (tertiary/aromatic N) is 3. The van der Waals surface area contributed by atoms with Gasteiger partial charge < -0.3 is 0 Å². The van der Waals surface area contributed by atoms with Gasteiger partial charge in [-0.1, -0.05) is 0 Å². The minimum Gasteiger partial charge on any atom is -0.279 e. The fraction of sp³-hybridized carbons (Fsp3) is 0. The van der Waals surface area contributed by atoms with Gasteiger partial charge in [0.25, 0.3) is 0 Å². The van der Waals surface area contributed by atoms with E-state index in [1.54, 1.807) is 0 Å². The van der Waals surface area contributed by atoms with E-state index in [4.69, 9.17) is 0 Å². The van der Waals surface area contributed by atoms with E-state index in [0.717, 1.165) is 21.1 Å². The summed E-state index contributed by atoms with van der Waals surface area (Å²) in [6.45, 7) is 0. The maximum absolute atomic E-state index is 13.1. The van der Waals surface area contributed by atoms with Gasteiger partial charge >= 0.3 is 11.2 Å². The molecule has 0 amide bonds. The molecule has 0 spiro atoms. The van der Waals surface area contributed by atoms with Crippen LogP contribution < -0.4 is 11.2 Å². The smallest absolute Gasteiger partial charge is 0.279 e. The molecule has 0 aliphatic heterocycles. The lowest BCUT2D eigenvalue weighted by Gasteiger charge is -2.05. The molecule has 96 valence electrons. The molecule has 0 aliphatic carbocycles. The van der Waals surface area contributed by atoms with Crippen LogP contribution in [0.15, 0.2) is 40.2 Å². The van der Waals surface area contributed by atoms with Gasteiger partial charge in [0.05, 0.1) is 5.69 Å². The number of nitrogens with one attached hydrogen (secondary N) is 1. The van der Waals surface area contributed by atoms with Crippen LogP contribution in [0.4, 0.5) is 8.78 Å². The van der Waals surface area contributed by atoms with Gasteiger partial charge in [-0.3, -0.25) is 9.36 Å². The summed E-state index contributed by atoms with van der Waals surface area (Å²) in [5.74, 6) is -2.07. The van der Waals surface area contributed by atoms with E-state index < -0.39 is 22.9 Å². The predicted molar refractivity (Wildman–Crippen MR) is 61.3 cm³/mol. The molecule has 2 heterocycles. The highest BCUT2D eigenvalue weighted by molar-refractivity contribution is 5.39. The molecule has 0 aliphatic rings. The third kappa shape index (κ3) is 1.65. The Bertz CT molecular complexity index is 894. The summed E-state index contributed by atoms with van der Waals surface area (Å²) < 4.78 is 28.1. The predicted octanol–water partition coefficient (Wildman–Crippen LogP) is 0.452. The second-order valence-electron chi connectivity index (χ2n) is 3.79. The van der Waals surface area contributed by atoms with Crippen LogP contribution in [0.5, 0.6) is 0 Å². The Balaban J connectivity index is 2.31. The van der Waals surface area contributed by atoms with Crippen molar-refractivity contribution in [2.45, 2.75) is 0 Å². The highest BCUT2D eigenvalue weighted by Gasteiger charge is 2.10. The van der Waals surface area contributed by atoms with Crippen molar-refractivity contribution in [3.8, 4) is 5.69 Å². The number of aromatic nitrogens is 4. The standard InChI is InChI=1S/C11H6F2N4O2/c12-7-2-1-6(5-8(7)13)16-3-4-17-9(10(16)18)14-15-11(17)19/h1-5H,(H,15,19). The molecule has 1 N–H and O–H groups in total. The van der Waals surface area contributed by atoms with Crippen LogP contribution in [0, 0.1) is 11.6 Å². The van der Waals surface area contributed by atoms with Crippen molar-refractivity contribution >= 4 is 5.65 Å². The zero-order chi connectivity index (χ0) is 13.6. The van der Waals surface area contributed by atoms with Crippen LogP contribution in [-0.4, -0.2) is 19.2 Å². The van der Waals surface area contributed by atoms with Crippen molar-refractivity contribution < 1.29 is 8.78 Å². The number of halogens is 2. The van der Waals surface area contributed by atoms with E-state index in [-0.39, 0.29) is 11.3 Å². The summed E-state index contributed by atoms with van der Waals surface area (Å²) in [4.78, 5) is 23.3. The zero-order valence-electron chi connectivity index (χ0n) is 9.30. The first kappa shape index (κ1) is 11.3. The van der Waals surface area contributed by atoms with Gasteiger partial charge in [0.15, 0.2) is 11.6 Å². The largest absolute Gasteiger partial charge is 0.347 e. The summed E-state index contributed by atoms with van der Waals surface area (Å²) in [5, 5.41) is 5.69. The summed E-state index contributed by atoms with van der Waals surface area (Å²) in [6.07, 6.45) is 2.59. The minimum atomic E-state index is -1.07. The lowest BCUT2D eigenvalue weighted by molar-refractivity contribution is 0.508.